The highest BCUT2D eigenvalue weighted by atomic mass is 16.1. The van der Waals surface area contributed by atoms with Gasteiger partial charge in [0.1, 0.15) is 5.78 Å². The first-order valence-electron chi connectivity index (χ1n) is 8.57. The maximum absolute atomic E-state index is 12.8. The lowest BCUT2D eigenvalue weighted by Gasteiger charge is -2.58. The number of allylic oxidation sites excluding steroid dienone is 3. The third kappa shape index (κ3) is 1.99. The molecule has 120 valence electrons. The molecular formula is C20H28O2. The van der Waals surface area contributed by atoms with E-state index in [-0.39, 0.29) is 27.9 Å². The van der Waals surface area contributed by atoms with Crippen LogP contribution in [0.25, 0.3) is 0 Å². The summed E-state index contributed by atoms with van der Waals surface area (Å²) in [5.41, 5.74) is 0.690. The standard InChI is InChI=1S/C20H28O2/c1-6-19(4)9-7-14-13(12-19)15(21)11-16-18(2,3)17(22)8-10-20(14,16)5/h6,12,14,16H,1,7-11H2,2-5H3/t14-,16-,19-,20+/m0/s1. The first-order chi connectivity index (χ1) is 10.1. The molecule has 0 saturated heterocycles. The van der Waals surface area contributed by atoms with Crippen molar-refractivity contribution in [1.82, 2.24) is 0 Å². The first kappa shape index (κ1) is 15.7. The van der Waals surface area contributed by atoms with Gasteiger partial charge in [0.2, 0.25) is 0 Å². The number of rotatable bonds is 1. The van der Waals surface area contributed by atoms with E-state index < -0.39 is 0 Å². The molecule has 0 aliphatic heterocycles. The largest absolute Gasteiger partial charge is 0.299 e. The Bertz CT molecular complexity index is 583. The molecule has 22 heavy (non-hydrogen) atoms. The quantitative estimate of drug-likeness (QED) is 0.668. The van der Waals surface area contributed by atoms with E-state index in [4.69, 9.17) is 0 Å². The second kappa shape index (κ2) is 4.66. The highest BCUT2D eigenvalue weighted by Crippen LogP contribution is 2.62. The van der Waals surface area contributed by atoms with Gasteiger partial charge in [0, 0.05) is 23.7 Å². The van der Waals surface area contributed by atoms with Crippen molar-refractivity contribution in [2.45, 2.75) is 59.8 Å². The second-order valence-corrected chi connectivity index (χ2v) is 8.73. The Labute approximate surface area is 134 Å². The van der Waals surface area contributed by atoms with Gasteiger partial charge >= 0.3 is 0 Å². The van der Waals surface area contributed by atoms with E-state index >= 15 is 0 Å². The molecule has 4 atom stereocenters. The smallest absolute Gasteiger partial charge is 0.159 e. The summed E-state index contributed by atoms with van der Waals surface area (Å²) in [6.07, 6.45) is 8.38. The van der Waals surface area contributed by atoms with Gasteiger partial charge in [0.15, 0.2) is 5.78 Å². The monoisotopic (exact) mass is 300 g/mol. The van der Waals surface area contributed by atoms with E-state index in [1.54, 1.807) is 0 Å². The van der Waals surface area contributed by atoms with Crippen LogP contribution in [0.5, 0.6) is 0 Å². The van der Waals surface area contributed by atoms with Gasteiger partial charge in [-0.25, -0.2) is 0 Å². The van der Waals surface area contributed by atoms with Crippen molar-refractivity contribution >= 4 is 11.6 Å². The van der Waals surface area contributed by atoms with E-state index in [0.29, 0.717) is 24.5 Å². The summed E-state index contributed by atoms with van der Waals surface area (Å²) in [5, 5.41) is 0. The molecular weight excluding hydrogens is 272 g/mol. The van der Waals surface area contributed by atoms with Gasteiger partial charge < -0.3 is 0 Å². The van der Waals surface area contributed by atoms with E-state index in [2.05, 4.69) is 40.3 Å². The SMILES string of the molecule is C=C[C@]1(C)C=C2C(=O)C[C@H]3C(C)(C)C(=O)CC[C@]3(C)[C@H]2CC1. The number of carbonyl (C=O) groups is 2. The summed E-state index contributed by atoms with van der Waals surface area (Å²) in [5.74, 6) is 1.10. The van der Waals surface area contributed by atoms with E-state index in [0.717, 1.165) is 24.8 Å². The van der Waals surface area contributed by atoms with E-state index in [9.17, 15) is 9.59 Å². The molecule has 0 heterocycles. The molecule has 3 aliphatic rings. The summed E-state index contributed by atoms with van der Waals surface area (Å²) in [7, 11) is 0. The average molecular weight is 300 g/mol. The Morgan fingerprint density at radius 1 is 1.18 bits per heavy atom. The fourth-order valence-corrected chi connectivity index (χ4v) is 5.37. The summed E-state index contributed by atoms with van der Waals surface area (Å²) < 4.78 is 0. The maximum atomic E-state index is 12.8. The average Bonchev–Trinajstić information content (AvgIpc) is 2.47. The molecule has 2 nitrogen and oxygen atoms in total. The number of carbonyl (C=O) groups excluding carboxylic acids is 2. The molecule has 0 amide bonds. The van der Waals surface area contributed by atoms with Crippen molar-refractivity contribution in [2.75, 3.05) is 0 Å². The van der Waals surface area contributed by atoms with Gasteiger partial charge in [-0.1, -0.05) is 39.8 Å². The highest BCUT2D eigenvalue weighted by Gasteiger charge is 2.59. The fourth-order valence-electron chi connectivity index (χ4n) is 5.37. The minimum Gasteiger partial charge on any atom is -0.299 e. The van der Waals surface area contributed by atoms with Crippen LogP contribution >= 0.6 is 0 Å². The summed E-state index contributed by atoms with van der Waals surface area (Å²) in [6.45, 7) is 12.5. The number of Topliss-reactive ketones (excluding diaryl/α,β-unsaturated/α-hetero) is 2. The van der Waals surface area contributed by atoms with Gasteiger partial charge in [-0.05, 0) is 42.1 Å². The van der Waals surface area contributed by atoms with Gasteiger partial charge in [0.25, 0.3) is 0 Å². The van der Waals surface area contributed by atoms with Crippen molar-refractivity contribution in [1.29, 1.82) is 0 Å². The molecule has 2 saturated carbocycles. The molecule has 0 bridgehead atoms. The molecule has 3 aliphatic carbocycles. The Morgan fingerprint density at radius 3 is 2.50 bits per heavy atom. The molecule has 0 aromatic heterocycles. The van der Waals surface area contributed by atoms with Crippen LogP contribution in [-0.4, -0.2) is 11.6 Å². The zero-order valence-electron chi connectivity index (χ0n) is 14.4. The van der Waals surface area contributed by atoms with Crippen molar-refractivity contribution in [3.05, 3.63) is 24.3 Å². The third-order valence-corrected chi connectivity index (χ3v) is 7.08. The lowest BCUT2D eigenvalue weighted by Crippen LogP contribution is -2.56. The second-order valence-electron chi connectivity index (χ2n) is 8.73. The third-order valence-electron chi connectivity index (χ3n) is 7.08. The number of ketones is 2. The van der Waals surface area contributed by atoms with Crippen molar-refractivity contribution in [3.8, 4) is 0 Å². The molecule has 2 fully saturated rings. The van der Waals surface area contributed by atoms with Crippen LogP contribution in [0.1, 0.15) is 59.8 Å². The van der Waals surface area contributed by atoms with Gasteiger partial charge in [0.05, 0.1) is 0 Å². The zero-order chi connectivity index (χ0) is 16.3. The Kier molecular flexibility index (Phi) is 3.33. The summed E-state index contributed by atoms with van der Waals surface area (Å²) in [4.78, 5) is 25.2. The number of hydrogen-bond donors (Lipinski definition) is 0. The first-order valence-corrected chi connectivity index (χ1v) is 8.57. The van der Waals surface area contributed by atoms with Crippen LogP contribution < -0.4 is 0 Å². The van der Waals surface area contributed by atoms with Crippen LogP contribution in [0.2, 0.25) is 0 Å². The Hall–Kier alpha value is -1.18. The molecule has 0 aromatic carbocycles. The van der Waals surface area contributed by atoms with Gasteiger partial charge in [-0.3, -0.25) is 9.59 Å². The Morgan fingerprint density at radius 2 is 1.86 bits per heavy atom. The predicted octanol–water partition coefficient (Wildman–Crippen LogP) is 4.50. The van der Waals surface area contributed by atoms with Crippen LogP contribution in [0.15, 0.2) is 24.3 Å². The normalized spacial score (nSPS) is 43.9. The molecule has 3 rings (SSSR count). The van der Waals surface area contributed by atoms with Gasteiger partial charge in [-0.15, -0.1) is 6.58 Å². The minimum atomic E-state index is -0.368. The minimum absolute atomic E-state index is 0.0509. The zero-order valence-corrected chi connectivity index (χ0v) is 14.4. The molecule has 0 radical (unpaired) electrons. The molecule has 0 N–H and O–H groups in total. The number of fused-ring (bicyclic) bond motifs is 3. The van der Waals surface area contributed by atoms with Crippen molar-refractivity contribution in [2.24, 2.45) is 28.1 Å². The van der Waals surface area contributed by atoms with Crippen LogP contribution in [-0.2, 0) is 9.59 Å². The number of hydrogen-bond acceptors (Lipinski definition) is 2. The lowest BCUT2D eigenvalue weighted by atomic mass is 9.45. The highest BCUT2D eigenvalue weighted by molar-refractivity contribution is 5.99. The fraction of sp³-hybridized carbons (Fsp3) is 0.700. The van der Waals surface area contributed by atoms with E-state index in [1.165, 1.54) is 0 Å². The molecule has 0 unspecified atom stereocenters. The topological polar surface area (TPSA) is 34.1 Å². The Balaban J connectivity index is 2.07. The van der Waals surface area contributed by atoms with Crippen molar-refractivity contribution in [3.63, 3.8) is 0 Å². The predicted molar refractivity (Wildman–Crippen MR) is 88.4 cm³/mol. The maximum Gasteiger partial charge on any atom is 0.159 e. The molecule has 0 aromatic rings. The lowest BCUT2D eigenvalue weighted by molar-refractivity contribution is -0.149. The van der Waals surface area contributed by atoms with Gasteiger partial charge in [-0.2, -0.15) is 0 Å². The molecule has 0 spiro atoms. The van der Waals surface area contributed by atoms with Crippen LogP contribution in [0.3, 0.4) is 0 Å². The van der Waals surface area contributed by atoms with Crippen LogP contribution in [0, 0.1) is 28.1 Å². The van der Waals surface area contributed by atoms with E-state index in [1.807, 2.05) is 6.08 Å². The molecule has 2 heteroatoms. The summed E-state index contributed by atoms with van der Waals surface area (Å²) in [6, 6.07) is 0. The van der Waals surface area contributed by atoms with Crippen molar-refractivity contribution < 1.29 is 9.59 Å². The van der Waals surface area contributed by atoms with Crippen LogP contribution in [0.4, 0.5) is 0 Å². The summed E-state index contributed by atoms with van der Waals surface area (Å²) >= 11 is 0.